The van der Waals surface area contributed by atoms with E-state index < -0.39 is 0 Å². The molecule has 0 atom stereocenters. The van der Waals surface area contributed by atoms with Crippen LogP contribution in [0.2, 0.25) is 0 Å². The van der Waals surface area contributed by atoms with Crippen LogP contribution in [0.15, 0.2) is 27.1 Å². The first-order valence-corrected chi connectivity index (χ1v) is 7.25. The first-order valence-electron chi connectivity index (χ1n) is 6.46. The van der Waals surface area contributed by atoms with Crippen molar-refractivity contribution in [2.24, 2.45) is 0 Å². The molecule has 2 aliphatic rings. The van der Waals surface area contributed by atoms with E-state index in [4.69, 9.17) is 0 Å². The summed E-state index contributed by atoms with van der Waals surface area (Å²) in [5.74, 6) is 0. The summed E-state index contributed by atoms with van der Waals surface area (Å²) in [4.78, 5) is 11.9. The van der Waals surface area contributed by atoms with Crippen molar-refractivity contribution >= 4 is 38.0 Å². The van der Waals surface area contributed by atoms with E-state index in [0.717, 1.165) is 34.1 Å². The number of benzene rings is 1. The molecule has 4 nitrogen and oxygen atoms in total. The molecule has 0 amide bonds. The molecule has 0 spiro atoms. The zero-order valence-corrected chi connectivity index (χ0v) is 11.8. The summed E-state index contributed by atoms with van der Waals surface area (Å²) in [6.07, 6.45) is 4.48. The molecule has 2 heterocycles. The van der Waals surface area contributed by atoms with Gasteiger partial charge in [0.2, 0.25) is 0 Å². The van der Waals surface area contributed by atoms with Crippen LogP contribution >= 0.6 is 15.9 Å². The molecule has 2 aromatic rings. The first-order chi connectivity index (χ1) is 9.25. The molecule has 0 bridgehead atoms. The van der Waals surface area contributed by atoms with Crippen molar-refractivity contribution < 1.29 is 0 Å². The largest absolute Gasteiger partial charge is 0.357 e. The number of halogens is 1. The van der Waals surface area contributed by atoms with Crippen molar-refractivity contribution in [3.63, 3.8) is 0 Å². The number of nitrogens with zero attached hydrogens (tertiary/aromatic N) is 1. The fraction of sp³-hybridized carbons (Fsp3) is 0.286. The van der Waals surface area contributed by atoms with Crippen LogP contribution in [0.1, 0.15) is 31.4 Å². The van der Waals surface area contributed by atoms with Crippen LogP contribution in [0.4, 0.5) is 5.69 Å². The number of hydrogen-bond donors (Lipinski definition) is 2. The van der Waals surface area contributed by atoms with Crippen molar-refractivity contribution in [1.82, 2.24) is 10.2 Å². The monoisotopic (exact) mass is 317 g/mol. The average Bonchev–Trinajstić information content (AvgIpc) is 2.44. The van der Waals surface area contributed by atoms with Gasteiger partial charge < -0.3 is 5.32 Å². The summed E-state index contributed by atoms with van der Waals surface area (Å²) >= 11 is 3.56. The lowest BCUT2D eigenvalue weighted by Gasteiger charge is -2.28. The predicted molar refractivity (Wildman–Crippen MR) is 79.1 cm³/mol. The smallest absolute Gasteiger partial charge is 0.272 e. The van der Waals surface area contributed by atoms with Gasteiger partial charge in [0.15, 0.2) is 0 Å². The quantitative estimate of drug-likeness (QED) is 0.783. The molecule has 0 saturated heterocycles. The summed E-state index contributed by atoms with van der Waals surface area (Å²) in [6.45, 7) is 0. The SMILES string of the molecule is O=c1[nH]nc2c3c(c(Br)ccc13)NC1=C2CCCC1. The van der Waals surface area contributed by atoms with Gasteiger partial charge in [0.25, 0.3) is 5.56 Å². The Morgan fingerprint density at radius 1 is 1.21 bits per heavy atom. The molecule has 1 aliphatic carbocycles. The Morgan fingerprint density at radius 3 is 2.95 bits per heavy atom. The summed E-state index contributed by atoms with van der Waals surface area (Å²) in [6, 6.07) is 3.76. The average molecular weight is 318 g/mol. The minimum Gasteiger partial charge on any atom is -0.357 e. The summed E-state index contributed by atoms with van der Waals surface area (Å²) in [7, 11) is 0. The zero-order valence-electron chi connectivity index (χ0n) is 10.2. The van der Waals surface area contributed by atoms with Crippen molar-refractivity contribution in [3.8, 4) is 0 Å². The van der Waals surface area contributed by atoms with Crippen molar-refractivity contribution in [1.29, 1.82) is 0 Å². The predicted octanol–water partition coefficient (Wildman–Crippen LogP) is 3.40. The Hall–Kier alpha value is -1.62. The number of hydrogen-bond acceptors (Lipinski definition) is 3. The Balaban J connectivity index is 2.16. The number of anilines is 1. The summed E-state index contributed by atoms with van der Waals surface area (Å²) in [5.41, 5.74) is 4.31. The molecule has 0 fully saturated rings. The van der Waals surface area contributed by atoms with Gasteiger partial charge in [-0.25, -0.2) is 5.10 Å². The maximum Gasteiger partial charge on any atom is 0.272 e. The number of allylic oxidation sites excluding steroid dienone is 2. The Kier molecular flexibility index (Phi) is 2.33. The van der Waals surface area contributed by atoms with Gasteiger partial charge in [0.05, 0.1) is 16.8 Å². The van der Waals surface area contributed by atoms with Gasteiger partial charge in [-0.3, -0.25) is 4.79 Å². The first kappa shape index (κ1) is 11.2. The number of nitrogens with one attached hydrogen (secondary N) is 2. The van der Waals surface area contributed by atoms with E-state index in [1.54, 1.807) is 0 Å². The molecule has 0 saturated carbocycles. The highest BCUT2D eigenvalue weighted by Gasteiger charge is 2.26. The molecule has 5 heteroatoms. The Labute approximate surface area is 118 Å². The number of aromatic nitrogens is 2. The van der Waals surface area contributed by atoms with E-state index in [0.29, 0.717) is 5.39 Å². The van der Waals surface area contributed by atoms with E-state index in [2.05, 4.69) is 31.4 Å². The van der Waals surface area contributed by atoms with Gasteiger partial charge in [0, 0.05) is 15.6 Å². The number of rotatable bonds is 0. The van der Waals surface area contributed by atoms with E-state index >= 15 is 0 Å². The van der Waals surface area contributed by atoms with Crippen LogP contribution in [0, 0.1) is 0 Å². The molecular formula is C14H12BrN3O. The number of fused-ring (bicyclic) bond motifs is 1. The standard InChI is InChI=1S/C14H12BrN3O/c15-9-6-5-8-11-12(17-18-14(8)19)7-3-1-2-4-10(7)16-13(9)11/h5-6,16H,1-4H2,(H,18,19). The van der Waals surface area contributed by atoms with Gasteiger partial charge >= 0.3 is 0 Å². The number of H-pyrrole nitrogens is 1. The normalized spacial score (nSPS) is 17.3. The fourth-order valence-corrected chi connectivity index (χ4v) is 3.46. The Morgan fingerprint density at radius 2 is 2.05 bits per heavy atom. The second-order valence-corrected chi connectivity index (χ2v) is 5.89. The van der Waals surface area contributed by atoms with Gasteiger partial charge in [-0.2, -0.15) is 5.10 Å². The zero-order chi connectivity index (χ0) is 13.0. The summed E-state index contributed by atoms with van der Waals surface area (Å²) < 4.78 is 0.978. The third-order valence-electron chi connectivity index (χ3n) is 3.93. The maximum absolute atomic E-state index is 11.9. The lowest BCUT2D eigenvalue weighted by atomic mass is 9.89. The van der Waals surface area contributed by atoms with Crippen molar-refractivity contribution in [2.45, 2.75) is 25.7 Å². The molecule has 19 heavy (non-hydrogen) atoms. The van der Waals surface area contributed by atoms with E-state index in [-0.39, 0.29) is 5.56 Å². The van der Waals surface area contributed by atoms with Crippen molar-refractivity contribution in [2.75, 3.05) is 5.32 Å². The van der Waals surface area contributed by atoms with Gasteiger partial charge in [-0.15, -0.1) is 0 Å². The highest BCUT2D eigenvalue weighted by molar-refractivity contribution is 9.10. The van der Waals surface area contributed by atoms with Crippen LogP contribution in [0.3, 0.4) is 0 Å². The minimum atomic E-state index is -0.130. The van der Waals surface area contributed by atoms with Crippen molar-refractivity contribution in [3.05, 3.63) is 38.4 Å². The maximum atomic E-state index is 11.9. The molecule has 0 unspecified atom stereocenters. The molecule has 96 valence electrons. The summed E-state index contributed by atoms with van der Waals surface area (Å²) in [5, 5.41) is 12.1. The lowest BCUT2D eigenvalue weighted by Crippen LogP contribution is -2.19. The van der Waals surface area contributed by atoms with Crippen LogP contribution in [0.5, 0.6) is 0 Å². The molecule has 4 rings (SSSR count). The van der Waals surface area contributed by atoms with E-state index in [1.165, 1.54) is 24.1 Å². The molecule has 1 aliphatic heterocycles. The van der Waals surface area contributed by atoms with Gasteiger partial charge in [0.1, 0.15) is 0 Å². The van der Waals surface area contributed by atoms with Gasteiger partial charge in [-0.1, -0.05) is 0 Å². The minimum absolute atomic E-state index is 0.130. The third kappa shape index (κ3) is 1.51. The van der Waals surface area contributed by atoms with E-state index in [9.17, 15) is 4.79 Å². The molecular weight excluding hydrogens is 306 g/mol. The second kappa shape index (κ2) is 3.93. The third-order valence-corrected chi connectivity index (χ3v) is 4.60. The van der Waals surface area contributed by atoms with Crippen LogP contribution in [0.25, 0.3) is 16.3 Å². The molecule has 0 radical (unpaired) electrons. The molecule has 1 aromatic carbocycles. The number of aromatic amines is 1. The van der Waals surface area contributed by atoms with Crippen LogP contribution in [-0.4, -0.2) is 10.2 Å². The second-order valence-electron chi connectivity index (χ2n) is 5.04. The lowest BCUT2D eigenvalue weighted by molar-refractivity contribution is 0.712. The topological polar surface area (TPSA) is 57.8 Å². The highest BCUT2D eigenvalue weighted by Crippen LogP contribution is 2.43. The fourth-order valence-electron chi connectivity index (χ4n) is 3.03. The Bertz CT molecular complexity index is 791. The van der Waals surface area contributed by atoms with Crippen LogP contribution < -0.4 is 10.9 Å². The van der Waals surface area contributed by atoms with E-state index in [1.807, 2.05) is 12.1 Å². The molecule has 1 aromatic heterocycles. The van der Waals surface area contributed by atoms with Gasteiger partial charge in [-0.05, 0) is 59.3 Å². The molecule has 2 N–H and O–H groups in total. The van der Waals surface area contributed by atoms with Crippen LogP contribution in [-0.2, 0) is 0 Å². The highest BCUT2D eigenvalue weighted by atomic mass is 79.9.